The smallest absolute Gasteiger partial charge is 0.196 e. The number of fused-ring (bicyclic) bond motifs is 1. The van der Waals surface area contributed by atoms with E-state index in [4.69, 9.17) is 22.3 Å². The van der Waals surface area contributed by atoms with E-state index >= 15 is 0 Å². The van der Waals surface area contributed by atoms with E-state index in [-0.39, 0.29) is 11.2 Å². The van der Waals surface area contributed by atoms with Gasteiger partial charge in [0.15, 0.2) is 9.99 Å². The maximum atomic E-state index is 13.0. The summed E-state index contributed by atoms with van der Waals surface area (Å²) < 4.78 is -1.07. The molecule has 2 rings (SSSR count). The van der Waals surface area contributed by atoms with Gasteiger partial charge in [0.25, 0.3) is 0 Å². The average Bonchev–Trinajstić information content (AvgIpc) is 2.46. The molecule has 0 N–H and O–H groups in total. The number of Topliss-reactive ketones (excluding diaryl/α,β-unsaturated/α-hetero) is 1. The fourth-order valence-corrected chi connectivity index (χ4v) is 5.16. The summed E-state index contributed by atoms with van der Waals surface area (Å²) in [7, 11) is 7.06. The first kappa shape index (κ1) is 16.2. The van der Waals surface area contributed by atoms with Crippen LogP contribution in [0.3, 0.4) is 0 Å². The van der Waals surface area contributed by atoms with E-state index in [9.17, 15) is 4.79 Å². The Kier molecular flexibility index (Phi) is 4.49. The Morgan fingerprint density at radius 2 is 1.75 bits per heavy atom. The van der Waals surface area contributed by atoms with Gasteiger partial charge < -0.3 is 0 Å². The SMILES string of the molecule is CCC1(CC)Cc2c(C)ccc(C)c2C(=O)C1(Cl)SCl. The fraction of sp³-hybridized carbons (Fsp3) is 0.562. The summed E-state index contributed by atoms with van der Waals surface area (Å²) in [5.41, 5.74) is 3.81. The summed E-state index contributed by atoms with van der Waals surface area (Å²) >= 11 is 6.77. The van der Waals surface area contributed by atoms with E-state index < -0.39 is 4.21 Å². The highest BCUT2D eigenvalue weighted by Crippen LogP contribution is 2.58. The van der Waals surface area contributed by atoms with Gasteiger partial charge in [-0.25, -0.2) is 0 Å². The number of rotatable bonds is 3. The van der Waals surface area contributed by atoms with Gasteiger partial charge in [-0.3, -0.25) is 4.79 Å². The lowest BCUT2D eigenvalue weighted by Gasteiger charge is -2.47. The van der Waals surface area contributed by atoms with Gasteiger partial charge in [-0.15, -0.1) is 0 Å². The van der Waals surface area contributed by atoms with Crippen LogP contribution in [0.5, 0.6) is 0 Å². The van der Waals surface area contributed by atoms with E-state index in [1.165, 1.54) is 5.56 Å². The number of aryl methyl sites for hydroxylation is 2. The molecule has 4 heteroatoms. The minimum Gasteiger partial charge on any atom is -0.291 e. The van der Waals surface area contributed by atoms with E-state index in [0.29, 0.717) is 0 Å². The molecule has 1 aliphatic carbocycles. The first-order valence-corrected chi connectivity index (χ1v) is 9.01. The lowest BCUT2D eigenvalue weighted by molar-refractivity contribution is 0.0850. The van der Waals surface area contributed by atoms with Crippen LogP contribution in [0, 0.1) is 19.3 Å². The predicted octanol–water partition coefficient (Wildman–Crippen LogP) is 5.67. The van der Waals surface area contributed by atoms with Crippen molar-refractivity contribution < 1.29 is 4.79 Å². The Morgan fingerprint density at radius 1 is 1.20 bits per heavy atom. The van der Waals surface area contributed by atoms with Gasteiger partial charge in [-0.2, -0.15) is 0 Å². The summed E-state index contributed by atoms with van der Waals surface area (Å²) in [6.07, 6.45) is 2.49. The van der Waals surface area contributed by atoms with Crippen molar-refractivity contribution in [2.75, 3.05) is 0 Å². The Bertz CT molecular complexity index is 552. The van der Waals surface area contributed by atoms with Crippen molar-refractivity contribution in [3.63, 3.8) is 0 Å². The van der Waals surface area contributed by atoms with Gasteiger partial charge in [0.2, 0.25) is 0 Å². The molecule has 1 aliphatic rings. The van der Waals surface area contributed by atoms with Crippen molar-refractivity contribution >= 4 is 39.0 Å². The molecule has 0 heterocycles. The molecule has 0 spiro atoms. The average molecular weight is 331 g/mol. The Hall–Kier alpha value is -0.180. The van der Waals surface area contributed by atoms with E-state index in [2.05, 4.69) is 26.8 Å². The first-order valence-electron chi connectivity index (χ1n) is 6.99. The van der Waals surface area contributed by atoms with Crippen molar-refractivity contribution in [1.82, 2.24) is 0 Å². The zero-order chi connectivity index (χ0) is 15.1. The first-order chi connectivity index (χ1) is 9.36. The van der Waals surface area contributed by atoms with E-state index in [1.54, 1.807) is 0 Å². The molecule has 0 aliphatic heterocycles. The summed E-state index contributed by atoms with van der Waals surface area (Å²) in [6, 6.07) is 4.08. The van der Waals surface area contributed by atoms with Crippen molar-refractivity contribution in [2.45, 2.75) is 51.2 Å². The number of benzene rings is 1. The molecule has 0 bridgehead atoms. The van der Waals surface area contributed by atoms with Gasteiger partial charge in [0, 0.05) is 11.0 Å². The Morgan fingerprint density at radius 3 is 2.25 bits per heavy atom. The Balaban J connectivity index is 2.76. The van der Waals surface area contributed by atoms with Crippen LogP contribution in [0.1, 0.15) is 53.7 Å². The van der Waals surface area contributed by atoms with Crippen LogP contribution in [0.15, 0.2) is 12.1 Å². The number of hydrogen-bond donors (Lipinski definition) is 0. The molecule has 0 amide bonds. The zero-order valence-electron chi connectivity index (χ0n) is 12.3. The summed E-state index contributed by atoms with van der Waals surface area (Å²) in [5.74, 6) is -0.0229. The number of carbonyl (C=O) groups is 1. The molecule has 0 aromatic heterocycles. The monoisotopic (exact) mass is 330 g/mol. The zero-order valence-corrected chi connectivity index (χ0v) is 14.7. The fourth-order valence-electron chi connectivity index (χ4n) is 3.34. The second-order valence-corrected chi connectivity index (χ2v) is 7.74. The third-order valence-corrected chi connectivity index (χ3v) is 7.50. The lowest BCUT2D eigenvalue weighted by Crippen LogP contribution is -2.51. The topological polar surface area (TPSA) is 17.1 Å². The Labute approximate surface area is 134 Å². The molecule has 0 saturated carbocycles. The van der Waals surface area contributed by atoms with Crippen LogP contribution < -0.4 is 0 Å². The normalized spacial score (nSPS) is 24.6. The van der Waals surface area contributed by atoms with Gasteiger partial charge in [-0.05, 0) is 71.5 Å². The van der Waals surface area contributed by atoms with E-state index in [1.807, 2.05) is 13.0 Å². The maximum Gasteiger partial charge on any atom is 0.196 e. The number of hydrogen-bond acceptors (Lipinski definition) is 2. The molecular formula is C16H20Cl2OS. The van der Waals surface area contributed by atoms with Crippen LogP contribution >= 0.6 is 33.3 Å². The maximum absolute atomic E-state index is 13.0. The third kappa shape index (κ3) is 2.03. The molecule has 20 heavy (non-hydrogen) atoms. The number of halogens is 2. The number of carbonyl (C=O) groups excluding carboxylic acids is 1. The van der Waals surface area contributed by atoms with Crippen LogP contribution in [0.4, 0.5) is 0 Å². The molecule has 0 radical (unpaired) electrons. The highest BCUT2D eigenvalue weighted by Gasteiger charge is 2.57. The van der Waals surface area contributed by atoms with Gasteiger partial charge >= 0.3 is 0 Å². The highest BCUT2D eigenvalue weighted by molar-refractivity contribution is 8.23. The molecule has 1 aromatic rings. The molecule has 1 aromatic carbocycles. The second-order valence-electron chi connectivity index (χ2n) is 5.72. The van der Waals surface area contributed by atoms with Crippen molar-refractivity contribution in [2.24, 2.45) is 5.41 Å². The highest BCUT2D eigenvalue weighted by atomic mass is 35.7. The molecule has 1 atom stereocenters. The van der Waals surface area contributed by atoms with Crippen LogP contribution in [-0.4, -0.2) is 9.99 Å². The summed E-state index contributed by atoms with van der Waals surface area (Å²) in [4.78, 5) is 13.0. The second kappa shape index (κ2) is 5.55. The van der Waals surface area contributed by atoms with Crippen molar-refractivity contribution in [1.29, 1.82) is 0 Å². The van der Waals surface area contributed by atoms with Gasteiger partial charge in [-0.1, -0.05) is 37.6 Å². The minimum absolute atomic E-state index is 0.0229. The van der Waals surface area contributed by atoms with Crippen LogP contribution in [0.2, 0.25) is 0 Å². The lowest BCUT2D eigenvalue weighted by atomic mass is 9.65. The minimum atomic E-state index is -1.07. The largest absolute Gasteiger partial charge is 0.291 e. The predicted molar refractivity (Wildman–Crippen MR) is 89.0 cm³/mol. The number of ketones is 1. The quantitative estimate of drug-likeness (QED) is 0.664. The number of alkyl halides is 1. The van der Waals surface area contributed by atoms with Gasteiger partial charge in [0.05, 0.1) is 0 Å². The molecule has 0 fully saturated rings. The van der Waals surface area contributed by atoms with Crippen molar-refractivity contribution in [3.8, 4) is 0 Å². The summed E-state index contributed by atoms with van der Waals surface area (Å²) in [5, 5.41) is 0. The van der Waals surface area contributed by atoms with Crippen LogP contribution in [-0.2, 0) is 6.42 Å². The standard InChI is InChI=1S/C16H20Cl2OS/c1-5-15(6-2)9-12-10(3)7-8-11(4)13(12)14(19)16(15,17)20-18/h7-8H,5-6,9H2,1-4H3. The third-order valence-electron chi connectivity index (χ3n) is 4.93. The molecule has 110 valence electrons. The summed E-state index contributed by atoms with van der Waals surface area (Å²) in [6.45, 7) is 8.22. The van der Waals surface area contributed by atoms with Gasteiger partial charge in [0.1, 0.15) is 0 Å². The van der Waals surface area contributed by atoms with Crippen molar-refractivity contribution in [3.05, 3.63) is 34.4 Å². The van der Waals surface area contributed by atoms with E-state index in [0.717, 1.165) is 46.9 Å². The molecule has 0 saturated heterocycles. The molecule has 1 nitrogen and oxygen atoms in total. The molecular weight excluding hydrogens is 311 g/mol. The molecule has 1 unspecified atom stereocenters. The van der Waals surface area contributed by atoms with Crippen LogP contribution in [0.25, 0.3) is 0 Å².